The molecule has 1 unspecified atom stereocenters. The summed E-state index contributed by atoms with van der Waals surface area (Å²) < 4.78 is 1.65. The number of carboxylic acids is 1. The van der Waals surface area contributed by atoms with E-state index in [4.69, 9.17) is 11.6 Å². The summed E-state index contributed by atoms with van der Waals surface area (Å²) >= 11 is 5.78. The smallest absolute Gasteiger partial charge is 0.330 e. The number of benzene rings is 1. The molecule has 0 fully saturated rings. The quantitative estimate of drug-likeness (QED) is 0.851. The Balaban J connectivity index is 1.97. The van der Waals surface area contributed by atoms with Crippen molar-refractivity contribution in [1.29, 1.82) is 0 Å². The number of amides is 1. The van der Waals surface area contributed by atoms with Crippen LogP contribution in [-0.2, 0) is 23.1 Å². The second kappa shape index (κ2) is 7.09. The minimum Gasteiger partial charge on any atom is -0.479 e. The SMILES string of the molecule is Cn1cc(CCC(=O)NC(C(=O)O)c2ccc(Cl)cc2)cn1. The van der Waals surface area contributed by atoms with Crippen molar-refractivity contribution in [3.05, 3.63) is 52.8 Å². The molecule has 22 heavy (non-hydrogen) atoms. The molecule has 1 atom stereocenters. The Hall–Kier alpha value is -2.34. The van der Waals surface area contributed by atoms with E-state index in [0.717, 1.165) is 5.56 Å². The molecule has 1 amide bonds. The number of nitrogens with one attached hydrogen (secondary N) is 1. The largest absolute Gasteiger partial charge is 0.479 e. The van der Waals surface area contributed by atoms with Gasteiger partial charge in [0.1, 0.15) is 0 Å². The lowest BCUT2D eigenvalue weighted by atomic mass is 10.1. The van der Waals surface area contributed by atoms with Crippen LogP contribution in [0.2, 0.25) is 5.02 Å². The fraction of sp³-hybridized carbons (Fsp3) is 0.267. The van der Waals surface area contributed by atoms with Crippen LogP contribution in [0.15, 0.2) is 36.7 Å². The van der Waals surface area contributed by atoms with Crippen LogP contribution in [0, 0.1) is 0 Å². The summed E-state index contributed by atoms with van der Waals surface area (Å²) in [5, 5.41) is 16.3. The molecule has 116 valence electrons. The average molecular weight is 322 g/mol. The normalized spacial score (nSPS) is 11.9. The van der Waals surface area contributed by atoms with Gasteiger partial charge < -0.3 is 10.4 Å². The minimum atomic E-state index is -1.11. The van der Waals surface area contributed by atoms with E-state index >= 15 is 0 Å². The summed E-state index contributed by atoms with van der Waals surface area (Å²) in [5.74, 6) is -1.44. The van der Waals surface area contributed by atoms with E-state index in [1.807, 2.05) is 6.20 Å². The third-order valence-corrected chi connectivity index (χ3v) is 3.41. The number of carboxylic acid groups (broad SMARTS) is 1. The van der Waals surface area contributed by atoms with Crippen molar-refractivity contribution >= 4 is 23.5 Å². The first kappa shape index (κ1) is 16.0. The standard InChI is InChI=1S/C15H16ClN3O3/c1-19-9-10(8-17-19)2-7-13(20)18-14(15(21)22)11-3-5-12(16)6-4-11/h3-6,8-9,14H,2,7H2,1H3,(H,18,20)(H,21,22). The Morgan fingerprint density at radius 1 is 1.36 bits per heavy atom. The van der Waals surface area contributed by atoms with Crippen LogP contribution in [0.1, 0.15) is 23.6 Å². The summed E-state index contributed by atoms with van der Waals surface area (Å²) in [6.07, 6.45) is 4.21. The number of halogens is 1. The Morgan fingerprint density at radius 2 is 2.05 bits per heavy atom. The Bertz CT molecular complexity index is 667. The first-order valence-electron chi connectivity index (χ1n) is 6.71. The van der Waals surface area contributed by atoms with Crippen molar-refractivity contribution in [3.8, 4) is 0 Å². The second-order valence-electron chi connectivity index (χ2n) is 4.91. The van der Waals surface area contributed by atoms with Crippen molar-refractivity contribution in [2.45, 2.75) is 18.9 Å². The van der Waals surface area contributed by atoms with Crippen LogP contribution in [0.5, 0.6) is 0 Å². The maximum atomic E-state index is 12.0. The Kier molecular flexibility index (Phi) is 5.16. The van der Waals surface area contributed by atoms with E-state index in [1.54, 1.807) is 42.2 Å². The molecule has 2 aromatic rings. The van der Waals surface area contributed by atoms with Crippen molar-refractivity contribution < 1.29 is 14.7 Å². The molecule has 7 heteroatoms. The molecule has 1 aromatic heterocycles. The maximum absolute atomic E-state index is 12.0. The van der Waals surface area contributed by atoms with Gasteiger partial charge in [0, 0.05) is 24.7 Å². The molecule has 1 heterocycles. The number of aryl methyl sites for hydroxylation is 2. The van der Waals surface area contributed by atoms with E-state index in [1.165, 1.54) is 0 Å². The fourth-order valence-corrected chi connectivity index (χ4v) is 2.16. The van der Waals surface area contributed by atoms with Crippen LogP contribution in [0.4, 0.5) is 0 Å². The molecule has 0 aliphatic rings. The van der Waals surface area contributed by atoms with Gasteiger partial charge in [0.2, 0.25) is 5.91 Å². The van der Waals surface area contributed by atoms with Gasteiger partial charge in [-0.3, -0.25) is 9.48 Å². The number of hydrogen-bond acceptors (Lipinski definition) is 3. The van der Waals surface area contributed by atoms with E-state index < -0.39 is 12.0 Å². The predicted octanol–water partition coefficient (Wildman–Crippen LogP) is 1.95. The van der Waals surface area contributed by atoms with Gasteiger partial charge in [0.15, 0.2) is 6.04 Å². The first-order valence-corrected chi connectivity index (χ1v) is 7.08. The minimum absolute atomic E-state index is 0.197. The molecule has 2 rings (SSSR count). The number of carbonyl (C=O) groups excluding carboxylic acids is 1. The lowest BCUT2D eigenvalue weighted by Crippen LogP contribution is -2.33. The molecular formula is C15H16ClN3O3. The van der Waals surface area contributed by atoms with Crippen LogP contribution in [-0.4, -0.2) is 26.8 Å². The van der Waals surface area contributed by atoms with Crippen LogP contribution in [0.3, 0.4) is 0 Å². The third kappa shape index (κ3) is 4.33. The molecule has 0 saturated carbocycles. The topological polar surface area (TPSA) is 84.2 Å². The maximum Gasteiger partial charge on any atom is 0.330 e. The molecule has 6 nitrogen and oxygen atoms in total. The summed E-state index contributed by atoms with van der Waals surface area (Å²) in [7, 11) is 1.80. The number of rotatable bonds is 6. The zero-order valence-corrected chi connectivity index (χ0v) is 12.7. The molecule has 2 N–H and O–H groups in total. The van der Waals surface area contributed by atoms with Crippen LogP contribution < -0.4 is 5.32 Å². The van der Waals surface area contributed by atoms with Gasteiger partial charge in [-0.2, -0.15) is 5.10 Å². The van der Waals surface area contributed by atoms with Crippen molar-refractivity contribution in [1.82, 2.24) is 15.1 Å². The number of nitrogens with zero attached hydrogens (tertiary/aromatic N) is 2. The zero-order valence-electron chi connectivity index (χ0n) is 12.0. The van der Waals surface area contributed by atoms with Gasteiger partial charge in [-0.1, -0.05) is 23.7 Å². The number of aromatic nitrogens is 2. The highest BCUT2D eigenvalue weighted by atomic mass is 35.5. The molecule has 0 radical (unpaired) electrons. The van der Waals surface area contributed by atoms with E-state index in [2.05, 4.69) is 10.4 Å². The van der Waals surface area contributed by atoms with Crippen LogP contribution >= 0.6 is 11.6 Å². The zero-order chi connectivity index (χ0) is 16.1. The summed E-state index contributed by atoms with van der Waals surface area (Å²) in [4.78, 5) is 23.3. The van der Waals surface area contributed by atoms with E-state index in [0.29, 0.717) is 17.0 Å². The fourth-order valence-electron chi connectivity index (χ4n) is 2.03. The number of hydrogen-bond donors (Lipinski definition) is 2. The Morgan fingerprint density at radius 3 is 2.59 bits per heavy atom. The third-order valence-electron chi connectivity index (χ3n) is 3.15. The highest BCUT2D eigenvalue weighted by molar-refractivity contribution is 6.30. The predicted molar refractivity (Wildman–Crippen MR) is 81.5 cm³/mol. The van der Waals surface area contributed by atoms with Crippen molar-refractivity contribution in [2.24, 2.45) is 7.05 Å². The van der Waals surface area contributed by atoms with Crippen molar-refractivity contribution in [2.75, 3.05) is 0 Å². The molecule has 0 bridgehead atoms. The van der Waals surface area contributed by atoms with Gasteiger partial charge >= 0.3 is 5.97 Å². The van der Waals surface area contributed by atoms with Gasteiger partial charge in [-0.15, -0.1) is 0 Å². The summed E-state index contributed by atoms with van der Waals surface area (Å²) in [5.41, 5.74) is 1.41. The van der Waals surface area contributed by atoms with E-state index in [-0.39, 0.29) is 12.3 Å². The lowest BCUT2D eigenvalue weighted by Gasteiger charge is -2.15. The molecule has 0 spiro atoms. The number of aliphatic carboxylic acids is 1. The molecule has 0 aliphatic carbocycles. The Labute approximate surface area is 132 Å². The molecular weight excluding hydrogens is 306 g/mol. The highest BCUT2D eigenvalue weighted by Crippen LogP contribution is 2.17. The first-order chi connectivity index (χ1) is 10.5. The average Bonchev–Trinajstić information content (AvgIpc) is 2.89. The molecule has 0 saturated heterocycles. The van der Waals surface area contributed by atoms with Crippen LogP contribution in [0.25, 0.3) is 0 Å². The van der Waals surface area contributed by atoms with Gasteiger partial charge in [0.05, 0.1) is 6.20 Å². The number of carbonyl (C=O) groups is 2. The van der Waals surface area contributed by atoms with Crippen molar-refractivity contribution in [3.63, 3.8) is 0 Å². The van der Waals surface area contributed by atoms with Gasteiger partial charge in [0.25, 0.3) is 0 Å². The lowest BCUT2D eigenvalue weighted by molar-refractivity contribution is -0.142. The van der Waals surface area contributed by atoms with E-state index in [9.17, 15) is 14.7 Å². The molecule has 1 aromatic carbocycles. The molecule has 0 aliphatic heterocycles. The second-order valence-corrected chi connectivity index (χ2v) is 5.35. The summed E-state index contributed by atoms with van der Waals surface area (Å²) in [6.45, 7) is 0. The van der Waals surface area contributed by atoms with Gasteiger partial charge in [-0.25, -0.2) is 4.79 Å². The van der Waals surface area contributed by atoms with Gasteiger partial charge in [-0.05, 0) is 29.7 Å². The summed E-state index contributed by atoms with van der Waals surface area (Å²) in [6, 6.07) is 5.27. The monoisotopic (exact) mass is 321 g/mol. The highest BCUT2D eigenvalue weighted by Gasteiger charge is 2.21.